The molecule has 0 bridgehead atoms. The predicted octanol–water partition coefficient (Wildman–Crippen LogP) is 6.60. The first kappa shape index (κ1) is 22.2. The number of hydrogen-bond donors (Lipinski definition) is 0. The molecular weight excluding hydrogens is 396 g/mol. The third-order valence-corrected chi connectivity index (χ3v) is 5.33. The molecule has 0 saturated heterocycles. The standard InChI is InChI=1S/C24H26F4O2/c1-3-5-15-6-12-19(30-14-15)18-11-9-16(21(25)23(18)27)7-8-17-10-13-20(29-4-2)24(28)22(17)26/h9-13,15H,3-8,14H2,1-2H3. The molecule has 1 aliphatic rings. The first-order valence-corrected chi connectivity index (χ1v) is 10.4. The van der Waals surface area contributed by atoms with Gasteiger partial charge in [-0.2, -0.15) is 4.39 Å². The fraction of sp³-hybridized carbons (Fsp3) is 0.417. The molecule has 0 aromatic heterocycles. The summed E-state index contributed by atoms with van der Waals surface area (Å²) in [6.45, 7) is 4.47. The summed E-state index contributed by atoms with van der Waals surface area (Å²) in [7, 11) is 0. The molecule has 2 aromatic carbocycles. The van der Waals surface area contributed by atoms with Crippen LogP contribution < -0.4 is 4.74 Å². The van der Waals surface area contributed by atoms with E-state index in [1.807, 2.05) is 0 Å². The minimum Gasteiger partial charge on any atom is -0.493 e. The molecule has 0 spiro atoms. The van der Waals surface area contributed by atoms with Gasteiger partial charge in [-0.3, -0.25) is 0 Å². The molecule has 0 radical (unpaired) electrons. The summed E-state index contributed by atoms with van der Waals surface area (Å²) in [5, 5.41) is 0. The van der Waals surface area contributed by atoms with Gasteiger partial charge in [0.1, 0.15) is 5.76 Å². The fourth-order valence-electron chi connectivity index (χ4n) is 3.68. The largest absolute Gasteiger partial charge is 0.493 e. The molecule has 30 heavy (non-hydrogen) atoms. The summed E-state index contributed by atoms with van der Waals surface area (Å²) >= 11 is 0. The Bertz CT molecular complexity index is 924. The summed E-state index contributed by atoms with van der Waals surface area (Å²) in [5.41, 5.74) is 0.273. The first-order chi connectivity index (χ1) is 14.5. The maximum absolute atomic E-state index is 14.7. The molecule has 6 heteroatoms. The molecule has 1 atom stereocenters. The van der Waals surface area contributed by atoms with E-state index in [0.29, 0.717) is 18.3 Å². The van der Waals surface area contributed by atoms with Crippen molar-refractivity contribution < 1.29 is 27.0 Å². The smallest absolute Gasteiger partial charge is 0.200 e. The van der Waals surface area contributed by atoms with Gasteiger partial charge in [0, 0.05) is 0 Å². The molecule has 0 fully saturated rings. The Hall–Kier alpha value is -2.50. The fourth-order valence-corrected chi connectivity index (χ4v) is 3.68. The zero-order valence-corrected chi connectivity index (χ0v) is 17.2. The van der Waals surface area contributed by atoms with Crippen molar-refractivity contribution in [3.63, 3.8) is 0 Å². The van der Waals surface area contributed by atoms with Crippen LogP contribution in [0.3, 0.4) is 0 Å². The van der Waals surface area contributed by atoms with E-state index in [1.165, 1.54) is 24.3 Å². The van der Waals surface area contributed by atoms with Crippen LogP contribution in [0.25, 0.3) is 5.76 Å². The van der Waals surface area contributed by atoms with Gasteiger partial charge in [0.2, 0.25) is 5.82 Å². The second-order valence-corrected chi connectivity index (χ2v) is 7.45. The third-order valence-electron chi connectivity index (χ3n) is 5.33. The molecule has 2 aromatic rings. The summed E-state index contributed by atoms with van der Waals surface area (Å²) in [4.78, 5) is 0. The van der Waals surface area contributed by atoms with Gasteiger partial charge in [-0.05, 0) is 67.9 Å². The third kappa shape index (κ3) is 4.79. The maximum Gasteiger partial charge on any atom is 0.200 e. The lowest BCUT2D eigenvalue weighted by molar-refractivity contribution is 0.192. The Morgan fingerprint density at radius 1 is 0.900 bits per heavy atom. The van der Waals surface area contributed by atoms with Crippen molar-refractivity contribution in [2.75, 3.05) is 13.2 Å². The van der Waals surface area contributed by atoms with Crippen molar-refractivity contribution in [1.82, 2.24) is 0 Å². The lowest BCUT2D eigenvalue weighted by atomic mass is 9.96. The topological polar surface area (TPSA) is 18.5 Å². The Balaban J connectivity index is 1.73. The number of aryl methyl sites for hydroxylation is 2. The molecular formula is C24H26F4O2. The molecule has 0 N–H and O–H groups in total. The second-order valence-electron chi connectivity index (χ2n) is 7.45. The van der Waals surface area contributed by atoms with Crippen LogP contribution in [0.4, 0.5) is 17.6 Å². The van der Waals surface area contributed by atoms with E-state index in [2.05, 4.69) is 6.92 Å². The quantitative estimate of drug-likeness (QED) is 0.446. The second kappa shape index (κ2) is 10.0. The van der Waals surface area contributed by atoms with Gasteiger partial charge in [0.15, 0.2) is 23.2 Å². The average Bonchev–Trinajstić information content (AvgIpc) is 2.75. The molecule has 0 amide bonds. The van der Waals surface area contributed by atoms with Gasteiger partial charge >= 0.3 is 0 Å². The van der Waals surface area contributed by atoms with Gasteiger partial charge in [-0.25, -0.2) is 13.2 Å². The summed E-state index contributed by atoms with van der Waals surface area (Å²) in [6.07, 6.45) is 4.72. The van der Waals surface area contributed by atoms with E-state index in [1.54, 1.807) is 13.0 Å². The number of allylic oxidation sites excluding steroid dienone is 1. The van der Waals surface area contributed by atoms with Crippen molar-refractivity contribution in [3.05, 3.63) is 70.3 Å². The van der Waals surface area contributed by atoms with E-state index in [9.17, 15) is 17.6 Å². The van der Waals surface area contributed by atoms with Gasteiger partial charge < -0.3 is 9.47 Å². The zero-order valence-electron chi connectivity index (χ0n) is 17.2. The highest BCUT2D eigenvalue weighted by molar-refractivity contribution is 5.61. The number of benzene rings is 2. The lowest BCUT2D eigenvalue weighted by Crippen LogP contribution is -2.14. The normalized spacial score (nSPS) is 16.2. The van der Waals surface area contributed by atoms with Gasteiger partial charge in [0.25, 0.3) is 0 Å². The van der Waals surface area contributed by atoms with Crippen LogP contribution in [0.15, 0.2) is 30.3 Å². The summed E-state index contributed by atoms with van der Waals surface area (Å²) < 4.78 is 68.1. The van der Waals surface area contributed by atoms with Crippen molar-refractivity contribution in [1.29, 1.82) is 0 Å². The molecule has 2 nitrogen and oxygen atoms in total. The lowest BCUT2D eigenvalue weighted by Gasteiger charge is -2.23. The van der Waals surface area contributed by atoms with Gasteiger partial charge in [-0.15, -0.1) is 0 Å². The maximum atomic E-state index is 14.7. The van der Waals surface area contributed by atoms with Crippen LogP contribution >= 0.6 is 0 Å². The average molecular weight is 422 g/mol. The predicted molar refractivity (Wildman–Crippen MR) is 108 cm³/mol. The minimum atomic E-state index is -1.07. The molecule has 1 aliphatic heterocycles. The zero-order chi connectivity index (χ0) is 21.7. The molecule has 0 saturated carbocycles. The number of halogens is 4. The first-order valence-electron chi connectivity index (χ1n) is 10.4. The van der Waals surface area contributed by atoms with Crippen LogP contribution in [-0.4, -0.2) is 13.2 Å². The highest BCUT2D eigenvalue weighted by Gasteiger charge is 2.22. The molecule has 3 rings (SSSR count). The van der Waals surface area contributed by atoms with E-state index in [-0.39, 0.29) is 41.9 Å². The van der Waals surface area contributed by atoms with Crippen LogP contribution in [-0.2, 0) is 17.6 Å². The number of ether oxygens (including phenoxy) is 2. The van der Waals surface area contributed by atoms with Crippen molar-refractivity contribution in [2.45, 2.75) is 46.0 Å². The van der Waals surface area contributed by atoms with Crippen LogP contribution in [0, 0.1) is 29.2 Å². The molecule has 1 heterocycles. The van der Waals surface area contributed by atoms with E-state index >= 15 is 0 Å². The monoisotopic (exact) mass is 422 g/mol. The highest BCUT2D eigenvalue weighted by atomic mass is 19.2. The van der Waals surface area contributed by atoms with E-state index in [0.717, 1.165) is 19.3 Å². The Morgan fingerprint density at radius 3 is 2.17 bits per heavy atom. The van der Waals surface area contributed by atoms with Crippen molar-refractivity contribution in [3.8, 4) is 5.75 Å². The molecule has 162 valence electrons. The SMILES string of the molecule is CCCC1CC=C(c2ccc(CCc3ccc(OCC)c(F)c3F)c(F)c2F)OC1. The Kier molecular flexibility index (Phi) is 7.40. The van der Waals surface area contributed by atoms with Crippen LogP contribution in [0.5, 0.6) is 5.75 Å². The summed E-state index contributed by atoms with van der Waals surface area (Å²) in [5.74, 6) is -3.48. The van der Waals surface area contributed by atoms with Crippen LogP contribution in [0.1, 0.15) is 49.8 Å². The van der Waals surface area contributed by atoms with Gasteiger partial charge in [0.05, 0.1) is 18.8 Å². The Morgan fingerprint density at radius 2 is 1.57 bits per heavy atom. The van der Waals surface area contributed by atoms with E-state index in [4.69, 9.17) is 9.47 Å². The van der Waals surface area contributed by atoms with Crippen LogP contribution in [0.2, 0.25) is 0 Å². The molecule has 1 unspecified atom stereocenters. The minimum absolute atomic E-state index is 0.0305. The Labute approximate surface area is 174 Å². The van der Waals surface area contributed by atoms with Crippen molar-refractivity contribution >= 4 is 5.76 Å². The van der Waals surface area contributed by atoms with Crippen molar-refractivity contribution in [2.24, 2.45) is 5.92 Å². The van der Waals surface area contributed by atoms with Gasteiger partial charge in [-0.1, -0.05) is 25.5 Å². The molecule has 0 aliphatic carbocycles. The number of hydrogen-bond acceptors (Lipinski definition) is 2. The number of rotatable bonds is 8. The summed E-state index contributed by atoms with van der Waals surface area (Å²) in [6, 6.07) is 5.70. The van der Waals surface area contributed by atoms with E-state index < -0.39 is 23.3 Å². The highest BCUT2D eigenvalue weighted by Crippen LogP contribution is 2.30.